The maximum absolute atomic E-state index is 12.3. The van der Waals surface area contributed by atoms with Gasteiger partial charge >= 0.3 is 11.9 Å². The molecule has 1 unspecified atom stereocenters. The number of hydrogen-bond acceptors (Lipinski definition) is 3. The van der Waals surface area contributed by atoms with Gasteiger partial charge in [0.25, 0.3) is 0 Å². The smallest absolute Gasteiger partial charge is 0.306 e. The van der Waals surface area contributed by atoms with E-state index in [1.807, 2.05) is 0 Å². The first-order chi connectivity index (χ1) is 22.6. The number of ether oxygens (including phenoxy) is 1. The summed E-state index contributed by atoms with van der Waals surface area (Å²) in [5, 5.41) is 8.65. The first kappa shape index (κ1) is 43.6. The lowest BCUT2D eigenvalue weighted by Crippen LogP contribution is -2.17. The summed E-state index contributed by atoms with van der Waals surface area (Å²) in [6.45, 7) is 4.29. The molecule has 0 aliphatic carbocycles. The van der Waals surface area contributed by atoms with Gasteiger partial charge in [-0.1, -0.05) is 158 Å². The molecule has 264 valence electrons. The molecule has 46 heavy (non-hydrogen) atoms. The molecule has 0 saturated carbocycles. The van der Waals surface area contributed by atoms with Crippen molar-refractivity contribution in [3.63, 3.8) is 0 Å². The summed E-state index contributed by atoms with van der Waals surface area (Å²) < 4.78 is 5.77. The van der Waals surface area contributed by atoms with Crippen LogP contribution in [0.2, 0.25) is 0 Å². The summed E-state index contributed by atoms with van der Waals surface area (Å²) in [6.07, 6.45) is 51.8. The minimum atomic E-state index is -0.674. The van der Waals surface area contributed by atoms with E-state index in [4.69, 9.17) is 9.84 Å². The van der Waals surface area contributed by atoms with Gasteiger partial charge in [0.15, 0.2) is 0 Å². The summed E-state index contributed by atoms with van der Waals surface area (Å²) >= 11 is 0. The SMILES string of the molecule is CC/C=C\C/C=C\C/C=C\C/C=C\C/C=C\CCCCCCCC(=O)OC(CC)CCCCCCCCCCCCCCC(=O)O. The third-order valence-corrected chi connectivity index (χ3v) is 8.33. The van der Waals surface area contributed by atoms with Crippen LogP contribution in [-0.2, 0) is 14.3 Å². The molecule has 0 bridgehead atoms. The number of carboxylic acid groups (broad SMARTS) is 1. The Labute approximate surface area is 284 Å². The van der Waals surface area contributed by atoms with Gasteiger partial charge in [-0.2, -0.15) is 0 Å². The predicted octanol–water partition coefficient (Wildman–Crippen LogP) is 13.3. The van der Waals surface area contributed by atoms with E-state index >= 15 is 0 Å². The second kappa shape index (κ2) is 37.1. The molecule has 0 aliphatic heterocycles. The zero-order chi connectivity index (χ0) is 33.6. The van der Waals surface area contributed by atoms with Gasteiger partial charge in [-0.3, -0.25) is 9.59 Å². The molecule has 1 N–H and O–H groups in total. The van der Waals surface area contributed by atoms with Gasteiger partial charge in [-0.05, 0) is 77.0 Å². The number of carboxylic acids is 1. The van der Waals surface area contributed by atoms with Gasteiger partial charge in [0.2, 0.25) is 0 Å². The van der Waals surface area contributed by atoms with E-state index in [9.17, 15) is 9.59 Å². The molecule has 0 radical (unpaired) electrons. The van der Waals surface area contributed by atoms with Crippen molar-refractivity contribution < 1.29 is 19.4 Å². The zero-order valence-corrected chi connectivity index (χ0v) is 30.1. The fourth-order valence-electron chi connectivity index (χ4n) is 5.44. The van der Waals surface area contributed by atoms with Crippen molar-refractivity contribution in [2.45, 2.75) is 193 Å². The van der Waals surface area contributed by atoms with E-state index in [1.54, 1.807) is 0 Å². The van der Waals surface area contributed by atoms with Crippen LogP contribution >= 0.6 is 0 Å². The number of rotatable bonds is 34. The van der Waals surface area contributed by atoms with Crippen molar-refractivity contribution in [2.24, 2.45) is 0 Å². The number of unbranched alkanes of at least 4 members (excludes halogenated alkanes) is 16. The highest BCUT2D eigenvalue weighted by Gasteiger charge is 2.12. The standard InChI is InChI=1S/C42H72O4/c1-3-5-6-7-8-9-10-11-12-13-14-15-16-17-18-19-24-27-30-33-36-39-42(45)46-40(4-2)37-34-31-28-25-22-20-21-23-26-29-32-35-38-41(43)44/h5-6,8-9,11-12,14-15,17-18,40H,3-4,7,10,13,16,19-39H2,1-2H3,(H,43,44)/b6-5-,9-8-,12-11-,15-14-,18-17-. The van der Waals surface area contributed by atoms with Crippen LogP contribution in [0.3, 0.4) is 0 Å². The van der Waals surface area contributed by atoms with Crippen LogP contribution in [0, 0.1) is 0 Å². The number of allylic oxidation sites excluding steroid dienone is 10. The van der Waals surface area contributed by atoms with E-state index in [1.165, 1.54) is 77.0 Å². The lowest BCUT2D eigenvalue weighted by Gasteiger charge is -2.16. The van der Waals surface area contributed by atoms with Crippen LogP contribution in [0.4, 0.5) is 0 Å². The van der Waals surface area contributed by atoms with Crippen LogP contribution in [0.25, 0.3) is 0 Å². The van der Waals surface area contributed by atoms with Crippen LogP contribution in [-0.4, -0.2) is 23.1 Å². The van der Waals surface area contributed by atoms with E-state index in [2.05, 4.69) is 74.6 Å². The van der Waals surface area contributed by atoms with Crippen molar-refractivity contribution in [3.05, 3.63) is 60.8 Å². The van der Waals surface area contributed by atoms with Gasteiger partial charge in [-0.25, -0.2) is 0 Å². The number of hydrogen-bond donors (Lipinski definition) is 1. The highest BCUT2D eigenvalue weighted by molar-refractivity contribution is 5.69. The molecule has 4 heteroatoms. The van der Waals surface area contributed by atoms with Crippen LogP contribution in [0.1, 0.15) is 187 Å². The zero-order valence-electron chi connectivity index (χ0n) is 30.1. The Morgan fingerprint density at radius 2 is 0.891 bits per heavy atom. The molecule has 0 fully saturated rings. The maximum atomic E-state index is 12.3. The second-order valence-corrected chi connectivity index (χ2v) is 12.7. The fraction of sp³-hybridized carbons (Fsp3) is 0.714. The van der Waals surface area contributed by atoms with Crippen LogP contribution in [0.5, 0.6) is 0 Å². The third kappa shape index (κ3) is 36.1. The van der Waals surface area contributed by atoms with Crippen molar-refractivity contribution in [1.82, 2.24) is 0 Å². The predicted molar refractivity (Wildman–Crippen MR) is 199 cm³/mol. The Hall–Kier alpha value is -2.36. The van der Waals surface area contributed by atoms with E-state index in [0.717, 1.165) is 83.5 Å². The van der Waals surface area contributed by atoms with Crippen LogP contribution in [0.15, 0.2) is 60.8 Å². The molecular weight excluding hydrogens is 568 g/mol. The summed E-state index contributed by atoms with van der Waals surface area (Å²) in [5.41, 5.74) is 0. The van der Waals surface area contributed by atoms with Gasteiger partial charge < -0.3 is 9.84 Å². The Bertz CT molecular complexity index is 820. The lowest BCUT2D eigenvalue weighted by atomic mass is 10.0. The second-order valence-electron chi connectivity index (χ2n) is 12.7. The molecule has 0 spiro atoms. The monoisotopic (exact) mass is 641 g/mol. The third-order valence-electron chi connectivity index (χ3n) is 8.33. The van der Waals surface area contributed by atoms with E-state index in [-0.39, 0.29) is 12.1 Å². The summed E-state index contributed by atoms with van der Waals surface area (Å²) in [7, 11) is 0. The van der Waals surface area contributed by atoms with Gasteiger partial charge in [0.05, 0.1) is 0 Å². The molecule has 0 aromatic rings. The Morgan fingerprint density at radius 3 is 1.35 bits per heavy atom. The number of carbonyl (C=O) groups excluding carboxylic acids is 1. The largest absolute Gasteiger partial charge is 0.481 e. The normalized spacial score (nSPS) is 12.9. The molecule has 0 heterocycles. The minimum absolute atomic E-state index is 0.00693. The average Bonchev–Trinajstić information content (AvgIpc) is 3.04. The fourth-order valence-corrected chi connectivity index (χ4v) is 5.44. The Kier molecular flexibility index (Phi) is 35.2. The van der Waals surface area contributed by atoms with Gasteiger partial charge in [0, 0.05) is 12.8 Å². The lowest BCUT2D eigenvalue weighted by molar-refractivity contribution is -0.149. The first-order valence-electron chi connectivity index (χ1n) is 19.3. The first-order valence-corrected chi connectivity index (χ1v) is 19.3. The quantitative estimate of drug-likeness (QED) is 0.0432. The molecule has 0 rings (SSSR count). The van der Waals surface area contributed by atoms with Crippen LogP contribution < -0.4 is 0 Å². The van der Waals surface area contributed by atoms with Gasteiger partial charge in [0.1, 0.15) is 6.10 Å². The van der Waals surface area contributed by atoms with Crippen molar-refractivity contribution in [2.75, 3.05) is 0 Å². The molecule has 4 nitrogen and oxygen atoms in total. The molecule has 0 aromatic carbocycles. The molecule has 0 saturated heterocycles. The van der Waals surface area contributed by atoms with Gasteiger partial charge in [-0.15, -0.1) is 0 Å². The summed E-state index contributed by atoms with van der Waals surface area (Å²) in [6, 6.07) is 0. The number of aliphatic carboxylic acids is 1. The molecule has 0 aliphatic rings. The average molecular weight is 641 g/mol. The van der Waals surface area contributed by atoms with E-state index in [0.29, 0.717) is 12.8 Å². The highest BCUT2D eigenvalue weighted by Crippen LogP contribution is 2.16. The molecule has 1 atom stereocenters. The van der Waals surface area contributed by atoms with Crippen molar-refractivity contribution in [3.8, 4) is 0 Å². The minimum Gasteiger partial charge on any atom is -0.481 e. The molecular formula is C42H72O4. The Morgan fingerprint density at radius 1 is 0.500 bits per heavy atom. The van der Waals surface area contributed by atoms with Crippen molar-refractivity contribution in [1.29, 1.82) is 0 Å². The Balaban J connectivity index is 3.53. The summed E-state index contributed by atoms with van der Waals surface area (Å²) in [5.74, 6) is -0.681. The maximum Gasteiger partial charge on any atom is 0.306 e. The number of esters is 1. The topological polar surface area (TPSA) is 63.6 Å². The molecule has 0 aromatic heterocycles. The number of carbonyl (C=O) groups is 2. The van der Waals surface area contributed by atoms with E-state index < -0.39 is 5.97 Å². The summed E-state index contributed by atoms with van der Waals surface area (Å²) in [4.78, 5) is 22.8. The highest BCUT2D eigenvalue weighted by atomic mass is 16.5. The van der Waals surface area contributed by atoms with Crippen molar-refractivity contribution >= 4 is 11.9 Å². The molecule has 0 amide bonds.